The SMILES string of the molecule is O.O=[Si]([O-])[O-].O=[Si]([O-])[O-].[Al+3].[K+]. The van der Waals surface area contributed by atoms with Crippen LogP contribution in [0.5, 0.6) is 0 Å². The van der Waals surface area contributed by atoms with Crippen LogP contribution in [0, 0.1) is 0 Å². The van der Waals surface area contributed by atoms with E-state index >= 15 is 0 Å². The summed E-state index contributed by atoms with van der Waals surface area (Å²) in [4.78, 5) is 34.1. The third kappa shape index (κ3) is 536. The summed E-state index contributed by atoms with van der Waals surface area (Å²) in [7, 11) is -7.26. The van der Waals surface area contributed by atoms with Gasteiger partial charge in [0.05, 0.1) is 0 Å². The van der Waals surface area contributed by atoms with E-state index in [1.165, 1.54) is 0 Å². The molecular formula is H2AlKO7Si2. The summed E-state index contributed by atoms with van der Waals surface area (Å²) >= 11 is 0. The van der Waals surface area contributed by atoms with Gasteiger partial charge in [0.15, 0.2) is 0 Å². The van der Waals surface area contributed by atoms with Crippen LogP contribution in [0.3, 0.4) is 0 Å². The first kappa shape index (κ1) is 29.4. The van der Waals surface area contributed by atoms with Crippen molar-refractivity contribution in [1.29, 1.82) is 0 Å². The van der Waals surface area contributed by atoms with E-state index in [4.69, 9.17) is 28.1 Å². The molecule has 0 saturated heterocycles. The first-order valence-corrected chi connectivity index (χ1v) is 3.67. The van der Waals surface area contributed by atoms with Gasteiger partial charge in [-0.25, -0.2) is 0 Å². The summed E-state index contributed by atoms with van der Waals surface area (Å²) in [6, 6.07) is 0. The molecule has 0 aromatic carbocycles. The van der Waals surface area contributed by atoms with Gasteiger partial charge in [0.25, 0.3) is 0 Å². The summed E-state index contributed by atoms with van der Waals surface area (Å²) in [5.41, 5.74) is 0. The van der Waals surface area contributed by atoms with E-state index in [0.717, 1.165) is 0 Å². The number of hydrogen-bond donors (Lipinski definition) is 0. The molecule has 0 heterocycles. The Labute approximate surface area is 119 Å². The van der Waals surface area contributed by atoms with Crippen molar-refractivity contribution in [3.8, 4) is 0 Å². The first-order chi connectivity index (χ1) is 3.46. The van der Waals surface area contributed by atoms with E-state index in [0.29, 0.717) is 0 Å². The van der Waals surface area contributed by atoms with Crippen molar-refractivity contribution in [1.82, 2.24) is 0 Å². The minimum absolute atomic E-state index is 0. The van der Waals surface area contributed by atoms with Crippen LogP contribution >= 0.6 is 0 Å². The molecule has 0 spiro atoms. The fraction of sp³-hybridized carbons (Fsp3) is 0. The van der Waals surface area contributed by atoms with Gasteiger partial charge in [-0.1, -0.05) is 0 Å². The van der Waals surface area contributed by atoms with E-state index in [1.807, 2.05) is 0 Å². The Morgan fingerprint density at radius 1 is 0.818 bits per heavy atom. The molecule has 0 unspecified atom stereocenters. The molecule has 7 nitrogen and oxygen atoms in total. The summed E-state index contributed by atoms with van der Waals surface area (Å²) < 4.78 is 17.0. The van der Waals surface area contributed by atoms with Crippen molar-refractivity contribution < 1.29 is 85.0 Å². The summed E-state index contributed by atoms with van der Waals surface area (Å²) in [6.45, 7) is 0. The monoisotopic (exact) mass is 236 g/mol. The Morgan fingerprint density at radius 3 is 0.818 bits per heavy atom. The second kappa shape index (κ2) is 22.5. The van der Waals surface area contributed by atoms with Crippen molar-refractivity contribution in [2.45, 2.75) is 0 Å². The molecule has 0 atom stereocenters. The Hall–Kier alpha value is 1.36. The topological polar surface area (TPSA) is 158 Å². The van der Waals surface area contributed by atoms with Crippen molar-refractivity contribution in [3.63, 3.8) is 0 Å². The van der Waals surface area contributed by atoms with E-state index in [9.17, 15) is 0 Å². The molecule has 2 N–H and O–H groups in total. The number of hydrogen-bond acceptors (Lipinski definition) is 6. The van der Waals surface area contributed by atoms with E-state index in [2.05, 4.69) is 0 Å². The Balaban J connectivity index is -0.0000000171. The van der Waals surface area contributed by atoms with Gasteiger partial charge in [-0.2, -0.15) is 0 Å². The average Bonchev–Trinajstić information content (AvgIpc) is 1.25. The fourth-order valence-electron chi connectivity index (χ4n) is 0. The molecule has 0 fully saturated rings. The van der Waals surface area contributed by atoms with Crippen molar-refractivity contribution in [2.24, 2.45) is 0 Å². The van der Waals surface area contributed by atoms with Gasteiger partial charge in [-0.3, -0.25) is 0 Å². The maximum absolute atomic E-state index is 8.52. The zero-order valence-electron chi connectivity index (χ0n) is 5.53. The van der Waals surface area contributed by atoms with Crippen LogP contribution in [0.1, 0.15) is 0 Å². The van der Waals surface area contributed by atoms with Crippen LogP contribution in [0.15, 0.2) is 0 Å². The van der Waals surface area contributed by atoms with Crippen LogP contribution in [0.4, 0.5) is 0 Å². The van der Waals surface area contributed by atoms with Gasteiger partial charge < -0.3 is 33.6 Å². The minimum atomic E-state index is -3.63. The molecule has 0 aliphatic rings. The molecule has 0 bridgehead atoms. The predicted molar refractivity (Wildman–Crippen MR) is 22.2 cm³/mol. The van der Waals surface area contributed by atoms with Crippen LogP contribution in [0.25, 0.3) is 0 Å². The quantitative estimate of drug-likeness (QED) is 0.380. The zero-order valence-corrected chi connectivity index (χ0v) is 11.8. The Morgan fingerprint density at radius 2 is 0.818 bits per heavy atom. The van der Waals surface area contributed by atoms with Crippen LogP contribution in [-0.4, -0.2) is 41.2 Å². The second-order valence-corrected chi connectivity index (χ2v) is 1.50. The molecule has 0 aromatic heterocycles. The standard InChI is InChI=1S/Al.K.2O3Si.H2O/c;;2*1-4(2)3;/h;;;;1H2/q+3;+1;2*-2;. The molecule has 11 heteroatoms. The third-order valence-corrected chi connectivity index (χ3v) is 0. The molecular weight excluding hydrogens is 234 g/mol. The van der Waals surface area contributed by atoms with Crippen molar-refractivity contribution in [2.75, 3.05) is 0 Å². The summed E-state index contributed by atoms with van der Waals surface area (Å²) in [6.07, 6.45) is 0. The van der Waals surface area contributed by atoms with Gasteiger partial charge >= 0.3 is 68.7 Å². The molecule has 0 aromatic rings. The van der Waals surface area contributed by atoms with E-state index < -0.39 is 18.3 Å². The van der Waals surface area contributed by atoms with Crippen LogP contribution in [-0.2, 0) is 8.92 Å². The third-order valence-electron chi connectivity index (χ3n) is 0. The maximum Gasteiger partial charge on any atom is 3.00 e. The van der Waals surface area contributed by atoms with Gasteiger partial charge in [0.2, 0.25) is 0 Å². The molecule has 0 amide bonds. The summed E-state index contributed by atoms with van der Waals surface area (Å²) in [5.74, 6) is 0. The molecule has 0 saturated carbocycles. The van der Waals surface area contributed by atoms with Gasteiger partial charge in [-0.05, 0) is 0 Å². The molecule has 0 rings (SSSR count). The zero-order chi connectivity index (χ0) is 7.15. The van der Waals surface area contributed by atoms with Gasteiger partial charge in [-0.15, -0.1) is 0 Å². The van der Waals surface area contributed by atoms with Gasteiger partial charge in [0, 0.05) is 18.3 Å². The van der Waals surface area contributed by atoms with Crippen LogP contribution in [0.2, 0.25) is 0 Å². The molecule has 0 aliphatic carbocycles. The van der Waals surface area contributed by atoms with Gasteiger partial charge in [0.1, 0.15) is 0 Å². The normalized spacial score (nSPS) is 4.36. The van der Waals surface area contributed by atoms with Crippen molar-refractivity contribution in [3.05, 3.63) is 0 Å². The van der Waals surface area contributed by atoms with Crippen molar-refractivity contribution >= 4 is 35.7 Å². The minimum Gasteiger partial charge on any atom is -0.672 e. The predicted octanol–water partition coefficient (Wildman–Crippen LogP) is -9.96. The number of rotatable bonds is 0. The average molecular weight is 236 g/mol. The smallest absolute Gasteiger partial charge is 0.672 e. The second-order valence-electron chi connectivity index (χ2n) is 0.500. The molecule has 0 radical (unpaired) electrons. The molecule has 0 aliphatic heterocycles. The Bertz CT molecular complexity index is 74.4. The van der Waals surface area contributed by atoms with E-state index in [1.54, 1.807) is 0 Å². The fourth-order valence-corrected chi connectivity index (χ4v) is 0. The largest absolute Gasteiger partial charge is 3.00 e. The van der Waals surface area contributed by atoms with Crippen LogP contribution < -0.4 is 70.6 Å². The van der Waals surface area contributed by atoms with E-state index in [-0.39, 0.29) is 74.2 Å². The first-order valence-electron chi connectivity index (χ1n) is 1.22. The maximum atomic E-state index is 8.52. The molecule has 56 valence electrons. The summed E-state index contributed by atoms with van der Waals surface area (Å²) in [5, 5.41) is 0. The molecule has 11 heavy (non-hydrogen) atoms. The Kier molecular flexibility index (Phi) is 60.3.